The fraction of sp³-hybridized carbons (Fsp3) is 0.250. The second-order valence-corrected chi connectivity index (χ2v) is 8.71. The fourth-order valence-corrected chi connectivity index (χ4v) is 3.59. The fourth-order valence-electron chi connectivity index (χ4n) is 3.59. The predicted molar refractivity (Wildman–Crippen MR) is 146 cm³/mol. The van der Waals surface area contributed by atoms with Gasteiger partial charge < -0.3 is 9.47 Å². The second kappa shape index (κ2) is 15.2. The van der Waals surface area contributed by atoms with Crippen LogP contribution in [0.3, 0.4) is 0 Å². The lowest BCUT2D eigenvalue weighted by Crippen LogP contribution is -2.03. The zero-order valence-electron chi connectivity index (χ0n) is 21.2. The van der Waals surface area contributed by atoms with Crippen molar-refractivity contribution in [2.45, 2.75) is 45.4 Å². The number of esters is 1. The maximum absolute atomic E-state index is 13.0. The van der Waals surface area contributed by atoms with Gasteiger partial charge in [-0.2, -0.15) is 0 Å². The number of carbonyl (C=O) groups excluding carboxylic acids is 2. The van der Waals surface area contributed by atoms with Crippen molar-refractivity contribution in [3.8, 4) is 11.5 Å². The van der Waals surface area contributed by atoms with Crippen LogP contribution in [0.1, 0.15) is 66.9 Å². The SMILES string of the molecule is CCCCCCCCOc1ccc(/C=C/C(=O)Oc2ccc(/C=C/C(=O)c3ccc(F)cc3)cc2)cc1. The predicted octanol–water partition coefficient (Wildman–Crippen LogP) is 8.08. The van der Waals surface area contributed by atoms with E-state index in [0.29, 0.717) is 17.9 Å². The Kier molecular flexibility index (Phi) is 11.3. The van der Waals surface area contributed by atoms with Crippen LogP contribution in [0.25, 0.3) is 12.2 Å². The molecule has 0 aliphatic carbocycles. The Morgan fingerprint density at radius 3 is 1.92 bits per heavy atom. The van der Waals surface area contributed by atoms with E-state index in [9.17, 15) is 14.0 Å². The van der Waals surface area contributed by atoms with Gasteiger partial charge in [0, 0.05) is 11.6 Å². The highest BCUT2D eigenvalue weighted by atomic mass is 19.1. The van der Waals surface area contributed by atoms with Crippen molar-refractivity contribution >= 4 is 23.9 Å². The molecule has 3 rings (SSSR count). The molecule has 0 aliphatic heterocycles. The minimum atomic E-state index is -0.488. The Balaban J connectivity index is 1.41. The van der Waals surface area contributed by atoms with Crippen LogP contribution in [-0.2, 0) is 4.79 Å². The molecule has 0 saturated heterocycles. The molecule has 3 aromatic rings. The van der Waals surface area contributed by atoms with Crippen LogP contribution in [-0.4, -0.2) is 18.4 Å². The van der Waals surface area contributed by atoms with Crippen LogP contribution in [0.4, 0.5) is 4.39 Å². The molecule has 4 nitrogen and oxygen atoms in total. The van der Waals surface area contributed by atoms with Gasteiger partial charge in [-0.05, 0) is 78.2 Å². The molecule has 0 aromatic heterocycles. The summed E-state index contributed by atoms with van der Waals surface area (Å²) in [5.41, 5.74) is 2.05. The number of unbranched alkanes of at least 4 members (excludes halogenated alkanes) is 5. The van der Waals surface area contributed by atoms with E-state index in [1.165, 1.54) is 68.5 Å². The lowest BCUT2D eigenvalue weighted by molar-refractivity contribution is -0.128. The molecule has 0 atom stereocenters. The van der Waals surface area contributed by atoms with Crippen molar-refractivity contribution in [2.75, 3.05) is 6.61 Å². The topological polar surface area (TPSA) is 52.6 Å². The smallest absolute Gasteiger partial charge is 0.336 e. The summed E-state index contributed by atoms with van der Waals surface area (Å²) in [5.74, 6) is 0.121. The molecule has 0 radical (unpaired) electrons. The maximum Gasteiger partial charge on any atom is 0.336 e. The van der Waals surface area contributed by atoms with Gasteiger partial charge in [-0.25, -0.2) is 9.18 Å². The first kappa shape index (κ1) is 27.6. The summed E-state index contributed by atoms with van der Waals surface area (Å²) in [6.07, 6.45) is 13.5. The Morgan fingerprint density at radius 2 is 1.27 bits per heavy atom. The van der Waals surface area contributed by atoms with Crippen LogP contribution < -0.4 is 9.47 Å². The van der Waals surface area contributed by atoms with E-state index in [4.69, 9.17) is 9.47 Å². The number of allylic oxidation sites excluding steroid dienone is 1. The summed E-state index contributed by atoms with van der Waals surface area (Å²) >= 11 is 0. The van der Waals surface area contributed by atoms with Gasteiger partial charge in [-0.15, -0.1) is 0 Å². The van der Waals surface area contributed by atoms with E-state index in [1.54, 1.807) is 36.4 Å². The third-order valence-corrected chi connectivity index (χ3v) is 5.71. The van der Waals surface area contributed by atoms with E-state index < -0.39 is 5.97 Å². The van der Waals surface area contributed by atoms with Gasteiger partial charge in [0.1, 0.15) is 17.3 Å². The normalized spacial score (nSPS) is 11.2. The average molecular weight is 501 g/mol. The average Bonchev–Trinajstić information content (AvgIpc) is 2.92. The van der Waals surface area contributed by atoms with Gasteiger partial charge in [0.15, 0.2) is 5.78 Å². The molecular weight excluding hydrogens is 467 g/mol. The molecule has 0 saturated carbocycles. The molecule has 0 amide bonds. The standard InChI is InChI=1S/C32H33FO4/c1-2-3-4-5-6-7-24-36-29-18-8-26(9-19-29)13-23-32(35)37-30-20-10-25(11-21-30)12-22-31(34)27-14-16-28(33)17-15-27/h8-23H,2-7,24H2,1H3/b22-12+,23-13+. The van der Waals surface area contributed by atoms with Crippen molar-refractivity contribution < 1.29 is 23.5 Å². The Bertz CT molecular complexity index is 1180. The highest BCUT2D eigenvalue weighted by Gasteiger charge is 2.03. The van der Waals surface area contributed by atoms with Crippen LogP contribution in [0.2, 0.25) is 0 Å². The van der Waals surface area contributed by atoms with Gasteiger partial charge in [-0.1, -0.05) is 69.4 Å². The molecule has 0 N–H and O–H groups in total. The molecule has 0 bridgehead atoms. The van der Waals surface area contributed by atoms with Gasteiger partial charge >= 0.3 is 5.97 Å². The van der Waals surface area contributed by atoms with Crippen molar-refractivity contribution in [3.63, 3.8) is 0 Å². The summed E-state index contributed by atoms with van der Waals surface area (Å²) < 4.78 is 24.1. The molecule has 37 heavy (non-hydrogen) atoms. The number of carbonyl (C=O) groups is 2. The third kappa shape index (κ3) is 10.3. The molecule has 3 aromatic carbocycles. The lowest BCUT2D eigenvalue weighted by atomic mass is 10.1. The second-order valence-electron chi connectivity index (χ2n) is 8.71. The molecule has 0 unspecified atom stereocenters. The summed E-state index contributed by atoms with van der Waals surface area (Å²) in [5, 5.41) is 0. The zero-order valence-corrected chi connectivity index (χ0v) is 21.2. The number of ether oxygens (including phenoxy) is 2. The lowest BCUT2D eigenvalue weighted by Gasteiger charge is -2.06. The maximum atomic E-state index is 13.0. The number of ketones is 1. The first-order chi connectivity index (χ1) is 18.0. The Hall–Kier alpha value is -3.99. The van der Waals surface area contributed by atoms with E-state index in [-0.39, 0.29) is 11.6 Å². The highest BCUT2D eigenvalue weighted by Crippen LogP contribution is 2.16. The molecule has 5 heteroatoms. The van der Waals surface area contributed by atoms with E-state index in [0.717, 1.165) is 23.3 Å². The van der Waals surface area contributed by atoms with E-state index in [2.05, 4.69) is 6.92 Å². The molecule has 0 aliphatic rings. The van der Waals surface area contributed by atoms with Crippen LogP contribution in [0.15, 0.2) is 84.9 Å². The van der Waals surface area contributed by atoms with Crippen LogP contribution >= 0.6 is 0 Å². The van der Waals surface area contributed by atoms with Crippen LogP contribution in [0, 0.1) is 5.82 Å². The number of hydrogen-bond donors (Lipinski definition) is 0. The molecular formula is C32H33FO4. The first-order valence-electron chi connectivity index (χ1n) is 12.7. The number of hydrogen-bond acceptors (Lipinski definition) is 4. The number of rotatable bonds is 14. The molecule has 0 fully saturated rings. The largest absolute Gasteiger partial charge is 0.494 e. The molecule has 0 spiro atoms. The summed E-state index contributed by atoms with van der Waals surface area (Å²) in [4.78, 5) is 24.3. The van der Waals surface area contributed by atoms with Crippen molar-refractivity contribution in [2.24, 2.45) is 0 Å². The monoisotopic (exact) mass is 500 g/mol. The number of benzene rings is 3. The quantitative estimate of drug-likeness (QED) is 0.0738. The first-order valence-corrected chi connectivity index (χ1v) is 12.7. The van der Waals surface area contributed by atoms with Gasteiger partial charge in [0.2, 0.25) is 0 Å². The molecule has 192 valence electrons. The van der Waals surface area contributed by atoms with E-state index >= 15 is 0 Å². The van der Waals surface area contributed by atoms with Crippen molar-refractivity contribution in [3.05, 3.63) is 107 Å². The van der Waals surface area contributed by atoms with Crippen LogP contribution in [0.5, 0.6) is 11.5 Å². The third-order valence-electron chi connectivity index (χ3n) is 5.71. The van der Waals surface area contributed by atoms with Gasteiger partial charge in [0.25, 0.3) is 0 Å². The summed E-state index contributed by atoms with van der Waals surface area (Å²) in [6.45, 7) is 2.93. The highest BCUT2D eigenvalue weighted by molar-refractivity contribution is 6.06. The van der Waals surface area contributed by atoms with Gasteiger partial charge in [-0.3, -0.25) is 4.79 Å². The van der Waals surface area contributed by atoms with Gasteiger partial charge in [0.05, 0.1) is 6.61 Å². The van der Waals surface area contributed by atoms with E-state index in [1.807, 2.05) is 24.3 Å². The molecule has 0 heterocycles. The Labute approximate surface area is 218 Å². The zero-order chi connectivity index (χ0) is 26.3. The van der Waals surface area contributed by atoms with Crippen molar-refractivity contribution in [1.29, 1.82) is 0 Å². The minimum Gasteiger partial charge on any atom is -0.494 e. The summed E-state index contributed by atoms with van der Waals surface area (Å²) in [7, 11) is 0. The minimum absolute atomic E-state index is 0.224. The Morgan fingerprint density at radius 1 is 0.703 bits per heavy atom. The van der Waals surface area contributed by atoms with Crippen molar-refractivity contribution in [1.82, 2.24) is 0 Å². The number of halogens is 1. The summed E-state index contributed by atoms with van der Waals surface area (Å²) in [6, 6.07) is 19.8.